The number of carbonyl (C=O) groups is 2. The third kappa shape index (κ3) is 5.68. The van der Waals surface area contributed by atoms with E-state index >= 15 is 0 Å². The Hall–Kier alpha value is -2.65. The highest BCUT2D eigenvalue weighted by Gasteiger charge is 2.43. The van der Waals surface area contributed by atoms with Gasteiger partial charge in [-0.1, -0.05) is 0 Å². The zero-order valence-electron chi connectivity index (χ0n) is 14.9. The number of nitrogens with one attached hydrogen (secondary N) is 3. The molecule has 0 bridgehead atoms. The summed E-state index contributed by atoms with van der Waals surface area (Å²) in [5.41, 5.74) is -2.08. The molecule has 162 valence electrons. The minimum Gasteiger partial charge on any atom is -0.394 e. The molecule has 2 rings (SSSR count). The third-order valence-corrected chi connectivity index (χ3v) is 4.19. The molecule has 1 aromatic heterocycles. The number of aliphatic hydroxyl groups excluding tert-OH is 4. The van der Waals surface area contributed by atoms with Crippen molar-refractivity contribution in [1.82, 2.24) is 20.2 Å². The van der Waals surface area contributed by atoms with Crippen molar-refractivity contribution in [2.45, 2.75) is 43.6 Å². The van der Waals surface area contributed by atoms with Crippen LogP contribution in [0.3, 0.4) is 0 Å². The fourth-order valence-electron chi connectivity index (χ4n) is 2.57. The highest BCUT2D eigenvalue weighted by atomic mass is 19.1. The Bertz CT molecular complexity index is 855. The van der Waals surface area contributed by atoms with Gasteiger partial charge in [0.1, 0.15) is 24.4 Å². The molecule has 0 saturated carbocycles. The van der Waals surface area contributed by atoms with E-state index in [0.717, 1.165) is 4.57 Å². The van der Waals surface area contributed by atoms with Gasteiger partial charge in [0.05, 0.1) is 19.3 Å². The number of aryl methyl sites for hydroxylation is 1. The maximum absolute atomic E-state index is 13.2. The molecule has 29 heavy (non-hydrogen) atoms. The Morgan fingerprint density at radius 3 is 2.52 bits per heavy atom. The summed E-state index contributed by atoms with van der Waals surface area (Å²) in [5.74, 6) is -2.67. The van der Waals surface area contributed by atoms with E-state index in [0.29, 0.717) is 6.20 Å². The first kappa shape index (κ1) is 22.6. The van der Waals surface area contributed by atoms with Crippen LogP contribution in [0, 0.1) is 5.82 Å². The number of amides is 2. The van der Waals surface area contributed by atoms with Crippen molar-refractivity contribution in [3.8, 4) is 0 Å². The van der Waals surface area contributed by atoms with Gasteiger partial charge in [-0.2, -0.15) is 4.39 Å². The van der Waals surface area contributed by atoms with Crippen LogP contribution in [0.1, 0.15) is 6.42 Å². The Labute approximate surface area is 161 Å². The number of carbonyl (C=O) groups excluding carboxylic acids is 2. The van der Waals surface area contributed by atoms with Gasteiger partial charge in [-0.05, 0) is 0 Å². The van der Waals surface area contributed by atoms with Gasteiger partial charge in [-0.15, -0.1) is 0 Å². The van der Waals surface area contributed by atoms with Crippen molar-refractivity contribution in [2.75, 3.05) is 13.2 Å². The molecule has 0 spiro atoms. The molecule has 1 saturated heterocycles. The van der Waals surface area contributed by atoms with E-state index in [-0.39, 0.29) is 13.0 Å². The summed E-state index contributed by atoms with van der Waals surface area (Å²) in [6.07, 6.45) is -7.21. The third-order valence-electron chi connectivity index (χ3n) is 4.19. The first-order valence-electron chi connectivity index (χ1n) is 8.50. The van der Waals surface area contributed by atoms with Gasteiger partial charge in [0, 0.05) is 13.0 Å². The first-order chi connectivity index (χ1) is 13.6. The zero-order valence-corrected chi connectivity index (χ0v) is 14.9. The van der Waals surface area contributed by atoms with Crippen LogP contribution in [0.5, 0.6) is 0 Å². The van der Waals surface area contributed by atoms with Gasteiger partial charge < -0.3 is 35.8 Å². The number of halogens is 1. The van der Waals surface area contributed by atoms with E-state index in [1.165, 1.54) is 0 Å². The zero-order chi connectivity index (χ0) is 21.7. The van der Waals surface area contributed by atoms with Gasteiger partial charge in [-0.3, -0.25) is 23.9 Å². The van der Waals surface area contributed by atoms with Crippen LogP contribution in [0.15, 0.2) is 15.8 Å². The van der Waals surface area contributed by atoms with Crippen molar-refractivity contribution in [3.63, 3.8) is 0 Å². The summed E-state index contributed by atoms with van der Waals surface area (Å²) < 4.78 is 19.0. The Morgan fingerprint density at radius 2 is 1.86 bits per heavy atom. The number of aromatic nitrogens is 2. The quantitative estimate of drug-likeness (QED) is 0.225. The number of hydrogen-bond acceptors (Lipinski definition) is 9. The topological polar surface area (TPSA) is 203 Å². The fraction of sp³-hybridized carbons (Fsp3) is 0.600. The molecule has 1 aliphatic heterocycles. The Kier molecular flexibility index (Phi) is 7.58. The first-order valence-corrected chi connectivity index (χ1v) is 8.50. The van der Waals surface area contributed by atoms with Crippen LogP contribution in [-0.4, -0.2) is 85.6 Å². The molecule has 0 aliphatic carbocycles. The maximum atomic E-state index is 13.2. The van der Waals surface area contributed by atoms with Crippen molar-refractivity contribution in [1.29, 1.82) is 0 Å². The van der Waals surface area contributed by atoms with Gasteiger partial charge in [0.25, 0.3) is 5.56 Å². The minimum absolute atomic E-state index is 0.257. The second-order valence-electron chi connectivity index (χ2n) is 6.27. The highest BCUT2D eigenvalue weighted by molar-refractivity contribution is 5.84. The molecule has 0 aromatic carbocycles. The predicted molar refractivity (Wildman–Crippen MR) is 90.8 cm³/mol. The Morgan fingerprint density at radius 1 is 1.17 bits per heavy atom. The summed E-state index contributed by atoms with van der Waals surface area (Å²) in [5, 5.41) is 42.6. The SMILES string of the molecule is O=C(CCn1cc(F)c(=O)[nH]c1=O)NCC(=O)N[C@@H]1O[C@H](CO)[C@H](O)[C@H](O)[C@H]1O. The van der Waals surface area contributed by atoms with Gasteiger partial charge in [-0.25, -0.2) is 4.79 Å². The van der Waals surface area contributed by atoms with Crippen LogP contribution in [0.25, 0.3) is 0 Å². The van der Waals surface area contributed by atoms with E-state index in [2.05, 4.69) is 10.6 Å². The molecule has 5 atom stereocenters. The van der Waals surface area contributed by atoms with Crippen LogP contribution >= 0.6 is 0 Å². The minimum atomic E-state index is -1.67. The van der Waals surface area contributed by atoms with Crippen LogP contribution in [-0.2, 0) is 20.9 Å². The van der Waals surface area contributed by atoms with Crippen LogP contribution in [0.4, 0.5) is 4.39 Å². The average molecular weight is 420 g/mol. The van der Waals surface area contributed by atoms with Crippen molar-refractivity contribution >= 4 is 11.8 Å². The van der Waals surface area contributed by atoms with Crippen molar-refractivity contribution in [2.24, 2.45) is 0 Å². The smallest absolute Gasteiger partial charge is 0.328 e. The lowest BCUT2D eigenvalue weighted by atomic mass is 9.98. The van der Waals surface area contributed by atoms with Gasteiger partial charge in [0.2, 0.25) is 17.6 Å². The van der Waals surface area contributed by atoms with Crippen LogP contribution in [0.2, 0.25) is 0 Å². The molecule has 0 radical (unpaired) electrons. The summed E-state index contributed by atoms with van der Waals surface area (Å²) >= 11 is 0. The lowest BCUT2D eigenvalue weighted by molar-refractivity contribution is -0.235. The molecule has 13 nitrogen and oxygen atoms in total. The van der Waals surface area contributed by atoms with E-state index in [1.807, 2.05) is 0 Å². The number of H-pyrrole nitrogens is 1. The van der Waals surface area contributed by atoms with Crippen molar-refractivity contribution in [3.05, 3.63) is 32.9 Å². The second-order valence-corrected chi connectivity index (χ2v) is 6.27. The number of ether oxygens (including phenoxy) is 1. The molecule has 7 N–H and O–H groups in total. The number of aliphatic hydroxyl groups is 4. The largest absolute Gasteiger partial charge is 0.394 e. The standard InChI is InChI=1S/C15H21FN4O9/c16-6-4-20(15(28)19-13(6)27)2-1-8(22)17-3-9(23)18-14-12(26)11(25)10(24)7(5-21)29-14/h4,7,10-12,14,21,24-26H,1-3,5H2,(H,17,22)(H,18,23)(H,19,27,28)/t7-,10+,11+,12-,14-/m1/s1. The number of hydrogen-bond donors (Lipinski definition) is 7. The lowest BCUT2D eigenvalue weighted by Crippen LogP contribution is -2.63. The fourth-order valence-corrected chi connectivity index (χ4v) is 2.57. The lowest BCUT2D eigenvalue weighted by Gasteiger charge is -2.40. The molecule has 2 heterocycles. The summed E-state index contributed by atoms with van der Waals surface area (Å²) in [6.45, 7) is -1.48. The number of rotatable bonds is 7. The molecule has 2 amide bonds. The summed E-state index contributed by atoms with van der Waals surface area (Å²) in [7, 11) is 0. The van der Waals surface area contributed by atoms with E-state index < -0.39 is 72.7 Å². The average Bonchev–Trinajstić information content (AvgIpc) is 2.68. The van der Waals surface area contributed by atoms with E-state index in [4.69, 9.17) is 9.84 Å². The molecular formula is C15H21FN4O9. The number of aromatic amines is 1. The Balaban J connectivity index is 1.81. The summed E-state index contributed by atoms with van der Waals surface area (Å²) in [4.78, 5) is 47.8. The van der Waals surface area contributed by atoms with E-state index in [1.54, 1.807) is 4.98 Å². The van der Waals surface area contributed by atoms with Gasteiger partial charge in [0.15, 0.2) is 6.23 Å². The van der Waals surface area contributed by atoms with Crippen LogP contribution < -0.4 is 21.9 Å². The normalized spacial score (nSPS) is 26.7. The molecule has 1 aliphatic rings. The molecule has 1 aromatic rings. The maximum Gasteiger partial charge on any atom is 0.328 e. The molecular weight excluding hydrogens is 399 g/mol. The van der Waals surface area contributed by atoms with E-state index in [9.17, 15) is 38.9 Å². The number of nitrogens with zero attached hydrogens (tertiary/aromatic N) is 1. The monoisotopic (exact) mass is 420 g/mol. The molecule has 1 fully saturated rings. The summed E-state index contributed by atoms with van der Waals surface area (Å²) in [6, 6.07) is 0. The molecule has 0 unspecified atom stereocenters. The molecule has 14 heteroatoms. The predicted octanol–water partition coefficient (Wildman–Crippen LogP) is -4.90. The highest BCUT2D eigenvalue weighted by Crippen LogP contribution is 2.19. The van der Waals surface area contributed by atoms with Crippen molar-refractivity contribution < 1.29 is 39.1 Å². The second kappa shape index (κ2) is 9.71. The van der Waals surface area contributed by atoms with Gasteiger partial charge >= 0.3 is 5.69 Å².